The largest absolute Gasteiger partial charge is 0.327 e. The maximum atomic E-state index is 13.9. The lowest BCUT2D eigenvalue weighted by atomic mass is 9.74. The number of carbonyl (C=O) groups excluding carboxylic acids is 2. The number of fused-ring (bicyclic) bond motifs is 1. The van der Waals surface area contributed by atoms with Crippen molar-refractivity contribution >= 4 is 28.3 Å². The number of nitrogens with one attached hydrogen (secondary N) is 1. The van der Waals surface area contributed by atoms with Crippen LogP contribution in [0.5, 0.6) is 0 Å². The maximum Gasteiger partial charge on any atom is 0.250 e. The third-order valence-corrected chi connectivity index (χ3v) is 7.38. The van der Waals surface area contributed by atoms with E-state index in [-0.39, 0.29) is 11.8 Å². The van der Waals surface area contributed by atoms with E-state index in [9.17, 15) is 9.59 Å². The Balaban J connectivity index is 1.42. The SMILES string of the molecule is CC1(C(=O)Nc2cccc3ccccc23)CCN1C(=O)C1(c2ccccc2)CCCC1. The molecule has 5 rings (SSSR count). The zero-order valence-corrected chi connectivity index (χ0v) is 17.9. The molecule has 1 N–H and O–H groups in total. The summed E-state index contributed by atoms with van der Waals surface area (Å²) in [7, 11) is 0. The van der Waals surface area contributed by atoms with E-state index in [2.05, 4.69) is 17.4 Å². The van der Waals surface area contributed by atoms with E-state index in [1.165, 1.54) is 0 Å². The van der Waals surface area contributed by atoms with E-state index in [4.69, 9.17) is 0 Å². The van der Waals surface area contributed by atoms with Crippen LogP contribution >= 0.6 is 0 Å². The number of hydrogen-bond donors (Lipinski definition) is 1. The van der Waals surface area contributed by atoms with Crippen molar-refractivity contribution in [2.24, 2.45) is 0 Å². The predicted octanol–water partition coefficient (Wildman–Crippen LogP) is 5.28. The van der Waals surface area contributed by atoms with E-state index >= 15 is 0 Å². The zero-order valence-electron chi connectivity index (χ0n) is 17.9. The molecule has 0 radical (unpaired) electrons. The van der Waals surface area contributed by atoms with E-state index in [0.717, 1.165) is 47.7 Å². The number of amides is 2. The molecule has 4 heteroatoms. The molecule has 1 aliphatic carbocycles. The summed E-state index contributed by atoms with van der Waals surface area (Å²) in [4.78, 5) is 29.1. The summed E-state index contributed by atoms with van der Waals surface area (Å²) >= 11 is 0. The number of nitrogens with zero attached hydrogens (tertiary/aromatic N) is 1. The van der Waals surface area contributed by atoms with Crippen molar-refractivity contribution < 1.29 is 9.59 Å². The highest BCUT2D eigenvalue weighted by molar-refractivity contribution is 6.07. The van der Waals surface area contributed by atoms with Crippen LogP contribution in [0.1, 0.15) is 44.6 Å². The van der Waals surface area contributed by atoms with Crippen LogP contribution in [-0.4, -0.2) is 28.8 Å². The highest BCUT2D eigenvalue weighted by Crippen LogP contribution is 2.46. The molecule has 158 valence electrons. The molecule has 0 aromatic heterocycles. The summed E-state index contributed by atoms with van der Waals surface area (Å²) in [5, 5.41) is 5.22. The van der Waals surface area contributed by atoms with E-state index in [1.54, 1.807) is 0 Å². The fraction of sp³-hybridized carbons (Fsp3) is 0.333. The number of carbonyl (C=O) groups is 2. The Kier molecular flexibility index (Phi) is 4.81. The number of hydrogen-bond acceptors (Lipinski definition) is 2. The van der Waals surface area contributed by atoms with Gasteiger partial charge in [-0.2, -0.15) is 0 Å². The van der Waals surface area contributed by atoms with Gasteiger partial charge in [0.15, 0.2) is 0 Å². The Morgan fingerprint density at radius 3 is 2.23 bits per heavy atom. The van der Waals surface area contributed by atoms with Crippen LogP contribution in [-0.2, 0) is 15.0 Å². The van der Waals surface area contributed by atoms with Gasteiger partial charge in [-0.3, -0.25) is 9.59 Å². The van der Waals surface area contributed by atoms with Crippen LogP contribution in [0.25, 0.3) is 10.8 Å². The van der Waals surface area contributed by atoms with Gasteiger partial charge < -0.3 is 10.2 Å². The quantitative estimate of drug-likeness (QED) is 0.634. The van der Waals surface area contributed by atoms with Gasteiger partial charge in [0.2, 0.25) is 11.8 Å². The van der Waals surface area contributed by atoms with Gasteiger partial charge in [-0.05, 0) is 43.2 Å². The molecule has 2 fully saturated rings. The average molecular weight is 413 g/mol. The normalized spacial score (nSPS) is 22.2. The summed E-state index contributed by atoms with van der Waals surface area (Å²) in [6.07, 6.45) is 4.49. The topological polar surface area (TPSA) is 49.4 Å². The Bertz CT molecular complexity index is 1130. The third-order valence-electron chi connectivity index (χ3n) is 7.38. The molecule has 0 bridgehead atoms. The molecular formula is C27H28N2O2. The van der Waals surface area contributed by atoms with Crippen LogP contribution < -0.4 is 5.32 Å². The van der Waals surface area contributed by atoms with Gasteiger partial charge >= 0.3 is 0 Å². The van der Waals surface area contributed by atoms with E-state index in [1.807, 2.05) is 72.5 Å². The highest BCUT2D eigenvalue weighted by atomic mass is 16.2. The van der Waals surface area contributed by atoms with Crippen molar-refractivity contribution in [2.45, 2.75) is 50.0 Å². The predicted molar refractivity (Wildman–Crippen MR) is 124 cm³/mol. The van der Waals surface area contributed by atoms with Crippen molar-refractivity contribution in [3.8, 4) is 0 Å². The van der Waals surface area contributed by atoms with Crippen LogP contribution in [0, 0.1) is 0 Å². The minimum atomic E-state index is -0.821. The second-order valence-electron chi connectivity index (χ2n) is 9.12. The van der Waals surface area contributed by atoms with Crippen LogP contribution in [0.4, 0.5) is 5.69 Å². The lowest BCUT2D eigenvalue weighted by Crippen LogP contribution is -2.68. The fourth-order valence-electron chi connectivity index (χ4n) is 5.33. The van der Waals surface area contributed by atoms with Crippen molar-refractivity contribution in [3.05, 3.63) is 78.4 Å². The van der Waals surface area contributed by atoms with Gasteiger partial charge in [0, 0.05) is 17.6 Å². The first-order valence-corrected chi connectivity index (χ1v) is 11.2. The second kappa shape index (κ2) is 7.52. The molecule has 1 saturated heterocycles. The number of benzene rings is 3. The standard InChI is InChI=1S/C27H28N2O2/c1-26(24(30)28-23-15-9-11-20-10-5-6-14-22(20)23)18-19-29(26)25(31)27(16-7-8-17-27)21-12-3-2-4-13-21/h2-6,9-15H,7-8,16-19H2,1H3,(H,28,30). The van der Waals surface area contributed by atoms with Crippen molar-refractivity contribution in [1.29, 1.82) is 0 Å². The molecule has 2 aliphatic rings. The van der Waals surface area contributed by atoms with Crippen molar-refractivity contribution in [1.82, 2.24) is 4.90 Å². The monoisotopic (exact) mass is 412 g/mol. The minimum Gasteiger partial charge on any atom is -0.327 e. The van der Waals surface area contributed by atoms with E-state index < -0.39 is 11.0 Å². The van der Waals surface area contributed by atoms with Crippen LogP contribution in [0.2, 0.25) is 0 Å². The maximum absolute atomic E-state index is 13.9. The van der Waals surface area contributed by atoms with Gasteiger partial charge in [0.25, 0.3) is 0 Å². The molecule has 2 amide bonds. The third kappa shape index (κ3) is 3.13. The molecule has 31 heavy (non-hydrogen) atoms. The summed E-state index contributed by atoms with van der Waals surface area (Å²) in [6.45, 7) is 2.54. The van der Waals surface area contributed by atoms with E-state index in [0.29, 0.717) is 13.0 Å². The number of anilines is 1. The molecule has 0 spiro atoms. The minimum absolute atomic E-state index is 0.107. The van der Waals surface area contributed by atoms with Gasteiger partial charge in [-0.1, -0.05) is 79.6 Å². The number of rotatable bonds is 4. The Hall–Kier alpha value is -3.14. The molecule has 1 atom stereocenters. The average Bonchev–Trinajstić information content (AvgIpc) is 3.30. The Labute approximate surface area is 183 Å². The molecule has 3 aromatic rings. The van der Waals surface area contributed by atoms with Gasteiger partial charge in [0.1, 0.15) is 5.54 Å². The molecule has 1 saturated carbocycles. The molecule has 1 heterocycles. The lowest BCUT2D eigenvalue weighted by molar-refractivity contribution is -0.159. The van der Waals surface area contributed by atoms with Crippen molar-refractivity contribution in [3.63, 3.8) is 0 Å². The van der Waals surface area contributed by atoms with Gasteiger partial charge in [-0.25, -0.2) is 0 Å². The first-order chi connectivity index (χ1) is 15.0. The summed E-state index contributed by atoms with van der Waals surface area (Å²) in [6, 6.07) is 24.1. The first-order valence-electron chi connectivity index (χ1n) is 11.2. The molecular weight excluding hydrogens is 384 g/mol. The Morgan fingerprint density at radius 2 is 1.52 bits per heavy atom. The summed E-state index contributed by atoms with van der Waals surface area (Å²) in [5.74, 6) is 0.00248. The molecule has 4 nitrogen and oxygen atoms in total. The van der Waals surface area contributed by atoms with Gasteiger partial charge in [-0.15, -0.1) is 0 Å². The van der Waals surface area contributed by atoms with Crippen LogP contribution in [0.15, 0.2) is 72.8 Å². The lowest BCUT2D eigenvalue weighted by Gasteiger charge is -2.52. The zero-order chi connectivity index (χ0) is 21.5. The Morgan fingerprint density at radius 1 is 0.839 bits per heavy atom. The molecule has 1 unspecified atom stereocenters. The number of likely N-dealkylation sites (tertiary alicyclic amines) is 1. The second-order valence-corrected chi connectivity index (χ2v) is 9.12. The summed E-state index contributed by atoms with van der Waals surface area (Å²) in [5.41, 5.74) is 0.560. The smallest absolute Gasteiger partial charge is 0.250 e. The summed E-state index contributed by atoms with van der Waals surface area (Å²) < 4.78 is 0. The molecule has 3 aromatic carbocycles. The molecule has 1 aliphatic heterocycles. The van der Waals surface area contributed by atoms with Crippen molar-refractivity contribution in [2.75, 3.05) is 11.9 Å². The first kappa shape index (κ1) is 19.8. The van der Waals surface area contributed by atoms with Crippen LogP contribution in [0.3, 0.4) is 0 Å². The van der Waals surface area contributed by atoms with Gasteiger partial charge in [0.05, 0.1) is 5.41 Å². The highest BCUT2D eigenvalue weighted by Gasteiger charge is 2.55. The fourth-order valence-corrected chi connectivity index (χ4v) is 5.33.